The lowest BCUT2D eigenvalue weighted by Gasteiger charge is -2.08. The highest BCUT2D eigenvalue weighted by Gasteiger charge is 2.05. The Kier molecular flexibility index (Phi) is 4.32. The Labute approximate surface area is 83.5 Å². The van der Waals surface area contributed by atoms with Gasteiger partial charge >= 0.3 is 0 Å². The molecule has 4 heteroatoms. The predicted octanol–water partition coefficient (Wildman–Crippen LogP) is 2.04. The Morgan fingerprint density at radius 1 is 1.69 bits per heavy atom. The molecular formula is C9H17N3S. The second-order valence-corrected chi connectivity index (χ2v) is 4.34. The van der Waals surface area contributed by atoms with E-state index < -0.39 is 0 Å². The molecule has 0 aliphatic carbocycles. The summed E-state index contributed by atoms with van der Waals surface area (Å²) in [4.78, 5) is 7.28. The average Bonchev–Trinajstić information content (AvgIpc) is 2.48. The maximum atomic E-state index is 5.88. The third-order valence-electron chi connectivity index (χ3n) is 1.94. The number of imidazole rings is 1. The van der Waals surface area contributed by atoms with Crippen LogP contribution in [0, 0.1) is 6.92 Å². The van der Waals surface area contributed by atoms with Crippen LogP contribution in [0.25, 0.3) is 0 Å². The van der Waals surface area contributed by atoms with Crippen LogP contribution >= 0.6 is 11.8 Å². The van der Waals surface area contributed by atoms with E-state index in [1.807, 2.05) is 6.92 Å². The molecule has 1 heterocycles. The maximum absolute atomic E-state index is 5.88. The van der Waals surface area contributed by atoms with E-state index in [0.29, 0.717) is 0 Å². The zero-order valence-corrected chi connectivity index (χ0v) is 9.03. The van der Waals surface area contributed by atoms with Crippen molar-refractivity contribution < 1.29 is 0 Å². The number of aromatic nitrogens is 2. The van der Waals surface area contributed by atoms with Gasteiger partial charge in [-0.2, -0.15) is 0 Å². The van der Waals surface area contributed by atoms with Gasteiger partial charge in [-0.1, -0.05) is 13.3 Å². The van der Waals surface area contributed by atoms with E-state index in [1.54, 1.807) is 18.1 Å². The highest BCUT2D eigenvalue weighted by Crippen LogP contribution is 2.17. The number of hydrogen-bond donors (Lipinski definition) is 2. The van der Waals surface area contributed by atoms with Crippen LogP contribution in [0.15, 0.2) is 6.33 Å². The van der Waals surface area contributed by atoms with Crippen molar-refractivity contribution in [1.82, 2.24) is 9.97 Å². The normalized spacial score (nSPS) is 13.2. The van der Waals surface area contributed by atoms with Crippen LogP contribution in [0.4, 0.5) is 0 Å². The quantitative estimate of drug-likeness (QED) is 0.713. The fourth-order valence-corrected chi connectivity index (χ4v) is 2.15. The molecular weight excluding hydrogens is 182 g/mol. The van der Waals surface area contributed by atoms with Gasteiger partial charge in [-0.15, -0.1) is 11.8 Å². The minimum absolute atomic E-state index is 0.251. The van der Waals surface area contributed by atoms with Crippen LogP contribution in [0.1, 0.15) is 31.2 Å². The summed E-state index contributed by atoms with van der Waals surface area (Å²) in [6.45, 7) is 4.19. The molecule has 3 nitrogen and oxygen atoms in total. The van der Waals surface area contributed by atoms with Crippen molar-refractivity contribution in [2.75, 3.05) is 0 Å². The lowest BCUT2D eigenvalue weighted by atomic mass is 10.3. The first kappa shape index (κ1) is 10.6. The fourth-order valence-electron chi connectivity index (χ4n) is 1.09. The third kappa shape index (κ3) is 3.40. The summed E-state index contributed by atoms with van der Waals surface area (Å²) in [5.41, 5.74) is 8.15. The van der Waals surface area contributed by atoms with E-state index in [2.05, 4.69) is 16.9 Å². The van der Waals surface area contributed by atoms with Gasteiger partial charge in [-0.25, -0.2) is 4.98 Å². The summed E-state index contributed by atoms with van der Waals surface area (Å²) in [7, 11) is 0. The molecule has 1 aromatic rings. The summed E-state index contributed by atoms with van der Waals surface area (Å²) in [5.74, 6) is 0.913. The predicted molar refractivity (Wildman–Crippen MR) is 57.5 cm³/mol. The van der Waals surface area contributed by atoms with Gasteiger partial charge in [0.05, 0.1) is 17.4 Å². The largest absolute Gasteiger partial charge is 0.348 e. The number of nitrogens with two attached hydrogens (primary N) is 1. The van der Waals surface area contributed by atoms with E-state index in [9.17, 15) is 0 Å². The topological polar surface area (TPSA) is 54.7 Å². The summed E-state index contributed by atoms with van der Waals surface area (Å²) < 4.78 is 0. The van der Waals surface area contributed by atoms with E-state index in [1.165, 1.54) is 0 Å². The summed E-state index contributed by atoms with van der Waals surface area (Å²) in [6.07, 6.45) is 3.96. The number of aromatic amines is 1. The molecule has 0 radical (unpaired) electrons. The standard InChI is InChI=1S/C9H17N3S/c1-3-4-9(10)13-5-8-7(2)11-6-12-8/h6,9H,3-5,10H2,1-2H3,(H,11,12)/t9-/m1/s1. The molecule has 1 aromatic heterocycles. The number of thioether (sulfide) groups is 1. The van der Waals surface area contributed by atoms with E-state index in [4.69, 9.17) is 5.73 Å². The van der Waals surface area contributed by atoms with Crippen molar-refractivity contribution in [3.63, 3.8) is 0 Å². The minimum Gasteiger partial charge on any atom is -0.348 e. The number of rotatable bonds is 5. The van der Waals surface area contributed by atoms with E-state index in [0.717, 1.165) is 30.0 Å². The van der Waals surface area contributed by atoms with E-state index >= 15 is 0 Å². The lowest BCUT2D eigenvalue weighted by Crippen LogP contribution is -2.14. The van der Waals surface area contributed by atoms with Crippen molar-refractivity contribution in [2.24, 2.45) is 5.73 Å². The van der Waals surface area contributed by atoms with Gasteiger partial charge in [0.2, 0.25) is 0 Å². The first-order valence-electron chi connectivity index (χ1n) is 4.60. The molecule has 0 spiro atoms. The summed E-state index contributed by atoms with van der Waals surface area (Å²) >= 11 is 1.77. The Bertz CT molecular complexity index is 247. The maximum Gasteiger partial charge on any atom is 0.0925 e. The van der Waals surface area contributed by atoms with Crippen LogP contribution in [-0.2, 0) is 5.75 Å². The van der Waals surface area contributed by atoms with Crippen molar-refractivity contribution in [1.29, 1.82) is 0 Å². The Hall–Kier alpha value is -0.480. The molecule has 3 N–H and O–H groups in total. The van der Waals surface area contributed by atoms with Gasteiger partial charge in [0, 0.05) is 11.4 Å². The zero-order valence-electron chi connectivity index (χ0n) is 8.21. The second-order valence-electron chi connectivity index (χ2n) is 3.11. The molecule has 0 saturated heterocycles. The van der Waals surface area contributed by atoms with Crippen LogP contribution < -0.4 is 5.73 Å². The van der Waals surface area contributed by atoms with Gasteiger partial charge in [0.15, 0.2) is 0 Å². The molecule has 0 saturated carbocycles. The van der Waals surface area contributed by atoms with Gasteiger partial charge in [-0.05, 0) is 13.3 Å². The molecule has 0 fully saturated rings. The fraction of sp³-hybridized carbons (Fsp3) is 0.667. The minimum atomic E-state index is 0.251. The van der Waals surface area contributed by atoms with Crippen molar-refractivity contribution in [3.8, 4) is 0 Å². The highest BCUT2D eigenvalue weighted by atomic mass is 32.2. The zero-order chi connectivity index (χ0) is 9.68. The monoisotopic (exact) mass is 199 g/mol. The second kappa shape index (κ2) is 5.29. The number of H-pyrrole nitrogens is 1. The van der Waals surface area contributed by atoms with Gasteiger partial charge in [0.25, 0.3) is 0 Å². The Morgan fingerprint density at radius 3 is 3.00 bits per heavy atom. The van der Waals surface area contributed by atoms with Crippen molar-refractivity contribution in [3.05, 3.63) is 17.7 Å². The van der Waals surface area contributed by atoms with Crippen LogP contribution in [-0.4, -0.2) is 15.3 Å². The van der Waals surface area contributed by atoms with E-state index in [-0.39, 0.29) is 5.37 Å². The van der Waals surface area contributed by atoms with Crippen molar-refractivity contribution in [2.45, 2.75) is 37.8 Å². The summed E-state index contributed by atoms with van der Waals surface area (Å²) in [6, 6.07) is 0. The highest BCUT2D eigenvalue weighted by molar-refractivity contribution is 7.99. The summed E-state index contributed by atoms with van der Waals surface area (Å²) in [5, 5.41) is 0.251. The van der Waals surface area contributed by atoms with Gasteiger partial charge in [-0.3, -0.25) is 0 Å². The number of nitrogens with one attached hydrogen (secondary N) is 1. The molecule has 0 aliphatic rings. The third-order valence-corrected chi connectivity index (χ3v) is 3.05. The van der Waals surface area contributed by atoms with Crippen molar-refractivity contribution >= 4 is 11.8 Å². The molecule has 74 valence electrons. The molecule has 0 bridgehead atoms. The smallest absolute Gasteiger partial charge is 0.0925 e. The first-order chi connectivity index (χ1) is 6.24. The molecule has 0 unspecified atom stereocenters. The van der Waals surface area contributed by atoms with Crippen LogP contribution in [0.5, 0.6) is 0 Å². The first-order valence-corrected chi connectivity index (χ1v) is 5.65. The average molecular weight is 199 g/mol. The molecule has 0 amide bonds. The van der Waals surface area contributed by atoms with Gasteiger partial charge in [0.1, 0.15) is 0 Å². The molecule has 13 heavy (non-hydrogen) atoms. The number of hydrogen-bond acceptors (Lipinski definition) is 3. The molecule has 0 aromatic carbocycles. The molecule has 1 rings (SSSR count). The SMILES string of the molecule is CCC[C@H](N)SCc1nc[nH]c1C. The van der Waals surface area contributed by atoms with Gasteiger partial charge < -0.3 is 10.7 Å². The van der Waals surface area contributed by atoms with Crippen LogP contribution in [0.2, 0.25) is 0 Å². The lowest BCUT2D eigenvalue weighted by molar-refractivity contribution is 0.764. The molecule has 1 atom stereocenters. The number of aryl methyl sites for hydroxylation is 1. The molecule has 0 aliphatic heterocycles. The van der Waals surface area contributed by atoms with Crippen LogP contribution in [0.3, 0.4) is 0 Å². The Morgan fingerprint density at radius 2 is 2.46 bits per heavy atom. The number of nitrogens with zero attached hydrogens (tertiary/aromatic N) is 1. The Balaban J connectivity index is 2.30.